The Bertz CT molecular complexity index is 375. The average molecular weight is 220 g/mol. The minimum Gasteiger partial charge on any atom is -0.399 e. The second kappa shape index (κ2) is 6.63. The number of nitrogens with two attached hydrogens (primary N) is 1. The second-order valence-corrected chi connectivity index (χ2v) is 3.29. The van der Waals surface area contributed by atoms with Crippen LogP contribution in [0.25, 0.3) is 6.08 Å². The third-order valence-corrected chi connectivity index (χ3v) is 1.94. The highest BCUT2D eigenvalue weighted by molar-refractivity contribution is 5.91. The molecule has 0 aliphatic heterocycles. The number of anilines is 1. The summed E-state index contributed by atoms with van der Waals surface area (Å²) in [5, 5.41) is 2.69. The number of carbonyl (C=O) groups excluding carboxylic acids is 1. The van der Waals surface area contributed by atoms with Gasteiger partial charge in [-0.1, -0.05) is 12.1 Å². The Morgan fingerprint density at radius 3 is 3.06 bits per heavy atom. The third-order valence-electron chi connectivity index (χ3n) is 1.94. The zero-order valence-corrected chi connectivity index (χ0v) is 9.27. The summed E-state index contributed by atoms with van der Waals surface area (Å²) in [5.74, 6) is -0.139. The number of hydrogen-bond donors (Lipinski definition) is 2. The fraction of sp³-hybridized carbons (Fsp3) is 0.250. The van der Waals surface area contributed by atoms with Crippen LogP contribution in [0.1, 0.15) is 5.56 Å². The highest BCUT2D eigenvalue weighted by Crippen LogP contribution is 2.07. The maximum absolute atomic E-state index is 11.3. The van der Waals surface area contributed by atoms with Crippen molar-refractivity contribution in [1.82, 2.24) is 5.32 Å². The maximum atomic E-state index is 11.3. The van der Waals surface area contributed by atoms with Gasteiger partial charge in [-0.3, -0.25) is 4.79 Å². The van der Waals surface area contributed by atoms with Gasteiger partial charge in [0.15, 0.2) is 0 Å². The Hall–Kier alpha value is -1.81. The van der Waals surface area contributed by atoms with E-state index in [1.165, 1.54) is 6.08 Å². The Kier molecular flexibility index (Phi) is 5.08. The molecule has 86 valence electrons. The van der Waals surface area contributed by atoms with Gasteiger partial charge in [0.25, 0.3) is 0 Å². The molecule has 16 heavy (non-hydrogen) atoms. The molecule has 0 atom stereocenters. The van der Waals surface area contributed by atoms with Gasteiger partial charge < -0.3 is 15.8 Å². The topological polar surface area (TPSA) is 64.3 Å². The lowest BCUT2D eigenvalue weighted by Gasteiger charge is -2.00. The van der Waals surface area contributed by atoms with E-state index in [9.17, 15) is 4.79 Å². The first-order valence-corrected chi connectivity index (χ1v) is 5.03. The van der Waals surface area contributed by atoms with Crippen LogP contribution in [0.4, 0.5) is 5.69 Å². The molecule has 3 N–H and O–H groups in total. The first-order chi connectivity index (χ1) is 7.72. The van der Waals surface area contributed by atoms with Crippen molar-refractivity contribution in [2.45, 2.75) is 0 Å². The molecule has 4 heteroatoms. The normalized spacial score (nSPS) is 10.6. The van der Waals surface area contributed by atoms with Crippen LogP contribution in [0.2, 0.25) is 0 Å². The minimum atomic E-state index is -0.139. The van der Waals surface area contributed by atoms with E-state index in [1.54, 1.807) is 25.3 Å². The predicted octanol–water partition coefficient (Wildman–Crippen LogP) is 1.04. The van der Waals surface area contributed by atoms with Gasteiger partial charge in [0.2, 0.25) is 5.91 Å². The standard InChI is InChI=1S/C12H16N2O2/c1-16-8-7-14-12(15)6-5-10-3-2-4-11(13)9-10/h2-6,9H,7-8,13H2,1H3,(H,14,15)/b6-5+. The van der Waals surface area contributed by atoms with Crippen LogP contribution in [-0.4, -0.2) is 26.2 Å². The Balaban J connectivity index is 2.44. The van der Waals surface area contributed by atoms with E-state index in [0.29, 0.717) is 18.8 Å². The molecule has 0 unspecified atom stereocenters. The molecule has 1 rings (SSSR count). The lowest BCUT2D eigenvalue weighted by atomic mass is 10.2. The number of nitrogen functional groups attached to an aromatic ring is 1. The largest absolute Gasteiger partial charge is 0.399 e. The van der Waals surface area contributed by atoms with Gasteiger partial charge in [0.1, 0.15) is 0 Å². The molecular weight excluding hydrogens is 204 g/mol. The summed E-state index contributed by atoms with van der Waals surface area (Å²) in [7, 11) is 1.59. The monoisotopic (exact) mass is 220 g/mol. The van der Waals surface area contributed by atoms with Gasteiger partial charge in [-0.05, 0) is 23.8 Å². The maximum Gasteiger partial charge on any atom is 0.244 e. The fourth-order valence-corrected chi connectivity index (χ4v) is 1.17. The van der Waals surface area contributed by atoms with E-state index in [0.717, 1.165) is 5.56 Å². The molecule has 0 saturated carbocycles. The number of ether oxygens (including phenoxy) is 1. The zero-order valence-electron chi connectivity index (χ0n) is 9.27. The Morgan fingerprint density at radius 2 is 2.38 bits per heavy atom. The lowest BCUT2D eigenvalue weighted by Crippen LogP contribution is -2.24. The van der Waals surface area contributed by atoms with Crippen LogP contribution in [0.3, 0.4) is 0 Å². The fourth-order valence-electron chi connectivity index (χ4n) is 1.17. The molecule has 0 heterocycles. The van der Waals surface area contributed by atoms with E-state index >= 15 is 0 Å². The first-order valence-electron chi connectivity index (χ1n) is 5.03. The first kappa shape index (κ1) is 12.3. The van der Waals surface area contributed by atoms with E-state index in [1.807, 2.05) is 12.1 Å². The minimum absolute atomic E-state index is 0.139. The highest BCUT2D eigenvalue weighted by Gasteiger charge is 1.94. The Morgan fingerprint density at radius 1 is 1.56 bits per heavy atom. The molecule has 0 bridgehead atoms. The third kappa shape index (κ3) is 4.61. The van der Waals surface area contributed by atoms with Crippen LogP contribution >= 0.6 is 0 Å². The number of hydrogen-bond acceptors (Lipinski definition) is 3. The van der Waals surface area contributed by atoms with Crippen molar-refractivity contribution in [2.24, 2.45) is 0 Å². The molecule has 0 fully saturated rings. The predicted molar refractivity (Wildman–Crippen MR) is 64.8 cm³/mol. The van der Waals surface area contributed by atoms with Gasteiger partial charge in [-0.2, -0.15) is 0 Å². The van der Waals surface area contributed by atoms with Crippen molar-refractivity contribution in [3.63, 3.8) is 0 Å². The number of methoxy groups -OCH3 is 1. The zero-order chi connectivity index (χ0) is 11.8. The number of nitrogens with one attached hydrogen (secondary N) is 1. The number of carbonyl (C=O) groups is 1. The van der Waals surface area contributed by atoms with E-state index < -0.39 is 0 Å². The molecule has 1 aromatic rings. The average Bonchev–Trinajstić information content (AvgIpc) is 2.27. The van der Waals surface area contributed by atoms with Crippen molar-refractivity contribution in [3.8, 4) is 0 Å². The van der Waals surface area contributed by atoms with Crippen molar-refractivity contribution in [2.75, 3.05) is 26.0 Å². The Labute approximate surface area is 95.1 Å². The van der Waals surface area contributed by atoms with Crippen molar-refractivity contribution >= 4 is 17.7 Å². The molecule has 0 aliphatic carbocycles. The van der Waals surface area contributed by atoms with Crippen molar-refractivity contribution in [3.05, 3.63) is 35.9 Å². The van der Waals surface area contributed by atoms with Crippen LogP contribution in [0.5, 0.6) is 0 Å². The molecule has 0 aromatic heterocycles. The van der Waals surface area contributed by atoms with Gasteiger partial charge in [-0.25, -0.2) is 0 Å². The second-order valence-electron chi connectivity index (χ2n) is 3.29. The van der Waals surface area contributed by atoms with Gasteiger partial charge >= 0.3 is 0 Å². The SMILES string of the molecule is COCCNC(=O)/C=C/c1cccc(N)c1. The number of benzene rings is 1. The van der Waals surface area contributed by atoms with Gasteiger partial charge in [0.05, 0.1) is 6.61 Å². The summed E-state index contributed by atoms with van der Waals surface area (Å²) in [6, 6.07) is 7.34. The van der Waals surface area contributed by atoms with Crippen LogP contribution in [-0.2, 0) is 9.53 Å². The quantitative estimate of drug-likeness (QED) is 0.443. The molecule has 0 saturated heterocycles. The lowest BCUT2D eigenvalue weighted by molar-refractivity contribution is -0.116. The molecule has 0 radical (unpaired) electrons. The summed E-state index contributed by atoms with van der Waals surface area (Å²) >= 11 is 0. The van der Waals surface area contributed by atoms with Crippen LogP contribution in [0.15, 0.2) is 30.3 Å². The molecule has 0 aliphatic rings. The van der Waals surface area contributed by atoms with Gasteiger partial charge in [-0.15, -0.1) is 0 Å². The summed E-state index contributed by atoms with van der Waals surface area (Å²) in [5.41, 5.74) is 7.20. The summed E-state index contributed by atoms with van der Waals surface area (Å²) in [6.07, 6.45) is 3.20. The summed E-state index contributed by atoms with van der Waals surface area (Å²) in [6.45, 7) is 1.02. The summed E-state index contributed by atoms with van der Waals surface area (Å²) in [4.78, 5) is 11.3. The van der Waals surface area contributed by atoms with E-state index in [4.69, 9.17) is 10.5 Å². The number of amides is 1. The van der Waals surface area contributed by atoms with Gasteiger partial charge in [0, 0.05) is 25.4 Å². The van der Waals surface area contributed by atoms with Crippen LogP contribution < -0.4 is 11.1 Å². The molecule has 1 amide bonds. The van der Waals surface area contributed by atoms with Crippen molar-refractivity contribution in [1.29, 1.82) is 0 Å². The molecule has 0 spiro atoms. The molecular formula is C12H16N2O2. The van der Waals surface area contributed by atoms with E-state index in [-0.39, 0.29) is 5.91 Å². The molecule has 1 aromatic carbocycles. The summed E-state index contributed by atoms with van der Waals surface area (Å²) < 4.78 is 4.82. The molecule has 4 nitrogen and oxygen atoms in total. The van der Waals surface area contributed by atoms with Crippen LogP contribution in [0, 0.1) is 0 Å². The number of rotatable bonds is 5. The van der Waals surface area contributed by atoms with Crippen molar-refractivity contribution < 1.29 is 9.53 Å². The smallest absolute Gasteiger partial charge is 0.244 e. The highest BCUT2D eigenvalue weighted by atomic mass is 16.5. The van der Waals surface area contributed by atoms with E-state index in [2.05, 4.69) is 5.32 Å².